The zero-order valence-electron chi connectivity index (χ0n) is 20.5. The Hall–Kier alpha value is -2.00. The van der Waals surface area contributed by atoms with Crippen LogP contribution in [0.3, 0.4) is 0 Å². The van der Waals surface area contributed by atoms with E-state index in [0.717, 1.165) is 47.3 Å². The minimum absolute atomic E-state index is 0.0932. The molecule has 7 nitrogen and oxygen atoms in total. The Bertz CT molecular complexity index is 1200. The van der Waals surface area contributed by atoms with Gasteiger partial charge in [0, 0.05) is 36.5 Å². The predicted octanol–water partition coefficient (Wildman–Crippen LogP) is 4.05. The van der Waals surface area contributed by atoms with Crippen LogP contribution in [-0.2, 0) is 38.9 Å². The van der Waals surface area contributed by atoms with E-state index < -0.39 is 10.0 Å². The molecule has 2 saturated heterocycles. The van der Waals surface area contributed by atoms with Crippen LogP contribution in [0.5, 0.6) is 0 Å². The van der Waals surface area contributed by atoms with E-state index in [1.807, 2.05) is 19.1 Å². The molecule has 0 unspecified atom stereocenters. The Morgan fingerprint density at radius 3 is 2.32 bits per heavy atom. The first kappa shape index (κ1) is 23.7. The zero-order valence-corrected chi connectivity index (χ0v) is 21.3. The van der Waals surface area contributed by atoms with E-state index in [1.54, 1.807) is 16.4 Å². The summed E-state index contributed by atoms with van der Waals surface area (Å²) in [7, 11) is -3.44. The molecule has 1 aromatic heterocycles. The molecule has 0 bridgehead atoms. The van der Waals surface area contributed by atoms with E-state index in [9.17, 15) is 13.2 Å². The van der Waals surface area contributed by atoms with Gasteiger partial charge in [0.1, 0.15) is 0 Å². The summed E-state index contributed by atoms with van der Waals surface area (Å²) in [5.41, 5.74) is 4.87. The highest BCUT2D eigenvalue weighted by Crippen LogP contribution is 2.40. The van der Waals surface area contributed by atoms with Gasteiger partial charge in [-0.05, 0) is 68.2 Å². The lowest BCUT2D eigenvalue weighted by atomic mass is 9.75. The van der Waals surface area contributed by atoms with Crippen molar-refractivity contribution < 1.29 is 22.7 Å². The van der Waals surface area contributed by atoms with E-state index in [-0.39, 0.29) is 23.8 Å². The van der Waals surface area contributed by atoms with Gasteiger partial charge in [-0.3, -0.25) is 4.79 Å². The molecule has 2 aromatic rings. The fraction of sp³-hybridized carbons (Fsp3) is 0.577. The van der Waals surface area contributed by atoms with Crippen molar-refractivity contribution >= 4 is 15.8 Å². The normalized spacial score (nSPS) is 24.8. The minimum atomic E-state index is -3.44. The number of ether oxygens (including phenoxy) is 2. The van der Waals surface area contributed by atoms with Gasteiger partial charge in [0.05, 0.1) is 11.4 Å². The molecule has 5 rings (SSSR count). The number of ketones is 1. The lowest BCUT2D eigenvalue weighted by molar-refractivity contribution is -0.379. The number of nitrogens with zero attached hydrogens (tertiary/aromatic N) is 2. The van der Waals surface area contributed by atoms with Crippen molar-refractivity contribution in [2.75, 3.05) is 13.1 Å². The number of rotatable bonds is 6. The second-order valence-electron chi connectivity index (χ2n) is 10.6. The van der Waals surface area contributed by atoms with Crippen molar-refractivity contribution in [1.82, 2.24) is 8.87 Å². The summed E-state index contributed by atoms with van der Waals surface area (Å²) in [6.45, 7) is 9.96. The Labute approximate surface area is 202 Å². The van der Waals surface area contributed by atoms with E-state index in [4.69, 9.17) is 9.47 Å². The first-order valence-corrected chi connectivity index (χ1v) is 13.6. The van der Waals surface area contributed by atoms with Crippen molar-refractivity contribution in [3.63, 3.8) is 0 Å². The molecule has 0 radical (unpaired) electrons. The van der Waals surface area contributed by atoms with E-state index in [0.29, 0.717) is 37.4 Å². The number of hydrogen-bond acceptors (Lipinski definition) is 5. The second kappa shape index (κ2) is 8.59. The molecular weight excluding hydrogens is 452 g/mol. The summed E-state index contributed by atoms with van der Waals surface area (Å²) in [6.07, 6.45) is 3.28. The van der Waals surface area contributed by atoms with Gasteiger partial charge in [0.25, 0.3) is 0 Å². The maximum absolute atomic E-state index is 13.3. The average Bonchev–Trinajstić information content (AvgIpc) is 3.36. The van der Waals surface area contributed by atoms with Gasteiger partial charge in [0.2, 0.25) is 10.0 Å². The standard InChI is InChI=1S/C26H34N2O5S/c1-17-21(13-19-7-9-20(10-8-19)34(30,31)27-11-5-6-12-27)25-22(14-26(3,4)15-23(25)29)28(17)16-24-32-18(2)33-24/h7-10,18,24H,5-6,11-16H2,1-4H3. The van der Waals surface area contributed by atoms with E-state index >= 15 is 0 Å². The average molecular weight is 487 g/mol. The molecule has 3 heterocycles. The second-order valence-corrected chi connectivity index (χ2v) is 12.6. The van der Waals surface area contributed by atoms with Crippen LogP contribution in [0.4, 0.5) is 0 Å². The molecule has 0 spiro atoms. The Kier molecular flexibility index (Phi) is 5.99. The topological polar surface area (TPSA) is 77.8 Å². The van der Waals surface area contributed by atoms with E-state index in [2.05, 4.69) is 25.3 Å². The molecule has 8 heteroatoms. The van der Waals surface area contributed by atoms with Crippen molar-refractivity contribution in [3.05, 3.63) is 52.3 Å². The number of carbonyl (C=O) groups excluding carboxylic acids is 1. The summed E-state index contributed by atoms with van der Waals surface area (Å²) in [5.74, 6) is 0.181. The van der Waals surface area contributed by atoms with Gasteiger partial charge in [-0.1, -0.05) is 26.0 Å². The minimum Gasteiger partial charge on any atom is -0.343 e. The maximum Gasteiger partial charge on any atom is 0.243 e. The lowest BCUT2D eigenvalue weighted by Gasteiger charge is -2.36. The Balaban J connectivity index is 1.46. The van der Waals surface area contributed by atoms with Crippen LogP contribution in [0.2, 0.25) is 0 Å². The first-order valence-electron chi connectivity index (χ1n) is 12.2. The molecule has 1 aromatic carbocycles. The quantitative estimate of drug-likeness (QED) is 0.616. The molecule has 0 N–H and O–H groups in total. The number of aromatic nitrogens is 1. The number of sulfonamides is 1. The van der Waals surface area contributed by atoms with Crippen LogP contribution in [-0.4, -0.2) is 48.7 Å². The monoisotopic (exact) mass is 486 g/mol. The molecule has 0 atom stereocenters. The third-order valence-electron chi connectivity index (χ3n) is 7.35. The number of carbonyl (C=O) groups is 1. The maximum atomic E-state index is 13.3. The highest BCUT2D eigenvalue weighted by atomic mass is 32.2. The van der Waals surface area contributed by atoms with Crippen LogP contribution >= 0.6 is 0 Å². The molecule has 34 heavy (non-hydrogen) atoms. The van der Waals surface area contributed by atoms with Crippen LogP contribution < -0.4 is 0 Å². The SMILES string of the molecule is Cc1c(Cc2ccc(S(=O)(=O)N3CCCC3)cc2)c2c(n1CC1OC(C)O1)CC(C)(C)CC2=O. The number of benzene rings is 1. The summed E-state index contributed by atoms with van der Waals surface area (Å²) >= 11 is 0. The molecule has 0 amide bonds. The van der Waals surface area contributed by atoms with Gasteiger partial charge in [-0.2, -0.15) is 4.31 Å². The third kappa shape index (κ3) is 4.26. The van der Waals surface area contributed by atoms with Crippen molar-refractivity contribution in [1.29, 1.82) is 0 Å². The van der Waals surface area contributed by atoms with Crippen LogP contribution in [0.15, 0.2) is 29.2 Å². The van der Waals surface area contributed by atoms with Gasteiger partial charge in [-0.25, -0.2) is 8.42 Å². The zero-order chi connectivity index (χ0) is 24.3. The van der Waals surface area contributed by atoms with Gasteiger partial charge < -0.3 is 14.0 Å². The highest BCUT2D eigenvalue weighted by molar-refractivity contribution is 7.89. The van der Waals surface area contributed by atoms with Gasteiger partial charge >= 0.3 is 0 Å². The van der Waals surface area contributed by atoms with E-state index in [1.165, 1.54) is 0 Å². The largest absolute Gasteiger partial charge is 0.343 e. The molecule has 2 fully saturated rings. The highest BCUT2D eigenvalue weighted by Gasteiger charge is 2.38. The molecule has 1 aliphatic carbocycles. The summed E-state index contributed by atoms with van der Waals surface area (Å²) in [4.78, 5) is 13.6. The fourth-order valence-electron chi connectivity index (χ4n) is 5.60. The molecule has 3 aliphatic rings. The number of Topliss-reactive ketones (excluding diaryl/α,β-unsaturated/α-hetero) is 1. The van der Waals surface area contributed by atoms with Crippen LogP contribution in [0.25, 0.3) is 0 Å². The predicted molar refractivity (Wildman–Crippen MR) is 128 cm³/mol. The molecule has 2 aliphatic heterocycles. The Morgan fingerprint density at radius 1 is 1.06 bits per heavy atom. The van der Waals surface area contributed by atoms with Crippen LogP contribution in [0.1, 0.15) is 72.9 Å². The molecule has 184 valence electrons. The van der Waals surface area contributed by atoms with Crippen molar-refractivity contribution in [3.8, 4) is 0 Å². The van der Waals surface area contributed by atoms with Crippen LogP contribution in [0, 0.1) is 12.3 Å². The summed E-state index contributed by atoms with van der Waals surface area (Å²) in [6, 6.07) is 7.15. The lowest BCUT2D eigenvalue weighted by Crippen LogP contribution is -2.42. The molecular formula is C26H34N2O5S. The molecule has 0 saturated carbocycles. The first-order chi connectivity index (χ1) is 16.0. The van der Waals surface area contributed by atoms with Gasteiger partial charge in [0.15, 0.2) is 18.4 Å². The van der Waals surface area contributed by atoms with Crippen molar-refractivity contribution in [2.45, 2.75) is 83.8 Å². The number of fused-ring (bicyclic) bond motifs is 1. The smallest absolute Gasteiger partial charge is 0.243 e. The third-order valence-corrected chi connectivity index (χ3v) is 9.26. The Morgan fingerprint density at radius 2 is 1.71 bits per heavy atom. The fourth-order valence-corrected chi connectivity index (χ4v) is 7.12. The van der Waals surface area contributed by atoms with Gasteiger partial charge in [-0.15, -0.1) is 0 Å². The number of hydrogen-bond donors (Lipinski definition) is 0. The summed E-state index contributed by atoms with van der Waals surface area (Å²) < 4.78 is 40.9. The summed E-state index contributed by atoms with van der Waals surface area (Å²) in [5, 5.41) is 0. The van der Waals surface area contributed by atoms with Crippen molar-refractivity contribution in [2.24, 2.45) is 5.41 Å².